The van der Waals surface area contributed by atoms with E-state index in [0.717, 1.165) is 43.9 Å². The van der Waals surface area contributed by atoms with Crippen LogP contribution in [0.15, 0.2) is 34.9 Å². The Morgan fingerprint density at radius 3 is 2.32 bits per heavy atom. The molecule has 3 aromatic rings. The fourth-order valence-corrected chi connectivity index (χ4v) is 3.48. The lowest BCUT2D eigenvalue weighted by Crippen LogP contribution is -2.46. The van der Waals surface area contributed by atoms with E-state index in [4.69, 9.17) is 18.6 Å². The van der Waals surface area contributed by atoms with Crippen LogP contribution in [-0.2, 0) is 6.54 Å². The van der Waals surface area contributed by atoms with Crippen LogP contribution in [-0.4, -0.2) is 62.4 Å². The lowest BCUT2D eigenvalue weighted by molar-refractivity contribution is 0.244. The van der Waals surface area contributed by atoms with Crippen molar-refractivity contribution in [2.24, 2.45) is 0 Å². The van der Waals surface area contributed by atoms with E-state index >= 15 is 0 Å². The Bertz CT molecular complexity index is 892. The molecule has 4 rings (SSSR count). The van der Waals surface area contributed by atoms with Gasteiger partial charge in [-0.2, -0.15) is 4.98 Å². The molecule has 0 radical (unpaired) electrons. The summed E-state index contributed by atoms with van der Waals surface area (Å²) < 4.78 is 22.1. The van der Waals surface area contributed by atoms with Crippen LogP contribution in [0.2, 0.25) is 0 Å². The average Bonchev–Trinajstić information content (AvgIpc) is 3.17. The molecule has 1 aliphatic heterocycles. The molecule has 1 aliphatic rings. The zero-order valence-corrected chi connectivity index (χ0v) is 16.3. The van der Waals surface area contributed by atoms with Gasteiger partial charge in [-0.3, -0.25) is 4.90 Å². The molecule has 0 aliphatic carbocycles. The number of fused-ring (bicyclic) bond motifs is 1. The number of nitrogens with zero attached hydrogens (tertiary/aromatic N) is 4. The van der Waals surface area contributed by atoms with Gasteiger partial charge in [-0.1, -0.05) is 0 Å². The topological polar surface area (TPSA) is 73.1 Å². The van der Waals surface area contributed by atoms with Crippen molar-refractivity contribution in [2.45, 2.75) is 6.54 Å². The molecular weight excluding hydrogens is 360 g/mol. The third kappa shape index (κ3) is 3.55. The molecule has 8 heteroatoms. The minimum absolute atomic E-state index is 0.614. The number of piperazine rings is 1. The van der Waals surface area contributed by atoms with Crippen molar-refractivity contribution in [1.29, 1.82) is 0 Å². The van der Waals surface area contributed by atoms with Crippen LogP contribution < -0.4 is 19.1 Å². The van der Waals surface area contributed by atoms with Gasteiger partial charge in [0.2, 0.25) is 11.4 Å². The van der Waals surface area contributed by atoms with Gasteiger partial charge < -0.3 is 23.5 Å². The number of oxazole rings is 1. The summed E-state index contributed by atoms with van der Waals surface area (Å²) in [6.45, 7) is 4.31. The number of hydrogen-bond acceptors (Lipinski definition) is 8. The Morgan fingerprint density at radius 2 is 1.71 bits per heavy atom. The number of ether oxygens (including phenoxy) is 3. The Balaban J connectivity index is 1.43. The van der Waals surface area contributed by atoms with Crippen molar-refractivity contribution in [3.63, 3.8) is 0 Å². The van der Waals surface area contributed by atoms with Crippen LogP contribution in [0.4, 0.5) is 6.01 Å². The predicted molar refractivity (Wildman–Crippen MR) is 105 cm³/mol. The van der Waals surface area contributed by atoms with Crippen molar-refractivity contribution >= 4 is 17.2 Å². The van der Waals surface area contributed by atoms with Crippen LogP contribution in [0.1, 0.15) is 5.56 Å². The molecule has 0 saturated carbocycles. The van der Waals surface area contributed by atoms with E-state index in [2.05, 4.69) is 19.8 Å². The molecule has 8 nitrogen and oxygen atoms in total. The number of methoxy groups -OCH3 is 3. The minimum atomic E-state index is 0.614. The molecule has 0 bridgehead atoms. The lowest BCUT2D eigenvalue weighted by Gasteiger charge is -2.33. The molecule has 1 fully saturated rings. The van der Waals surface area contributed by atoms with Crippen molar-refractivity contribution in [1.82, 2.24) is 14.9 Å². The summed E-state index contributed by atoms with van der Waals surface area (Å²) in [7, 11) is 4.88. The number of benzene rings is 1. The Morgan fingerprint density at radius 1 is 1.00 bits per heavy atom. The third-order valence-corrected chi connectivity index (χ3v) is 4.93. The van der Waals surface area contributed by atoms with Gasteiger partial charge >= 0.3 is 0 Å². The van der Waals surface area contributed by atoms with Gasteiger partial charge in [-0.15, -0.1) is 0 Å². The first-order valence-corrected chi connectivity index (χ1v) is 9.19. The molecule has 28 heavy (non-hydrogen) atoms. The summed E-state index contributed by atoms with van der Waals surface area (Å²) in [6, 6.07) is 8.38. The maximum Gasteiger partial charge on any atom is 0.300 e. The van der Waals surface area contributed by atoms with E-state index in [1.54, 1.807) is 27.5 Å². The van der Waals surface area contributed by atoms with Gasteiger partial charge in [0.15, 0.2) is 17.1 Å². The van der Waals surface area contributed by atoms with E-state index in [0.29, 0.717) is 28.9 Å². The maximum absolute atomic E-state index is 5.83. The highest BCUT2D eigenvalue weighted by molar-refractivity contribution is 5.69. The van der Waals surface area contributed by atoms with Crippen LogP contribution in [0.3, 0.4) is 0 Å². The number of anilines is 1. The molecule has 2 aromatic heterocycles. The summed E-state index contributed by atoms with van der Waals surface area (Å²) in [5.41, 5.74) is 2.49. The standard InChI is InChI=1S/C20H24N4O4/c1-25-16-11-14(12-17(26-2)18(16)27-3)13-23-7-9-24(10-8-23)20-22-19-15(28-20)5-4-6-21-19/h4-6,11-12H,7-10,13H2,1-3H3. The van der Waals surface area contributed by atoms with Crippen molar-refractivity contribution in [3.05, 3.63) is 36.0 Å². The summed E-state index contributed by atoms with van der Waals surface area (Å²) in [5.74, 6) is 1.96. The summed E-state index contributed by atoms with van der Waals surface area (Å²) >= 11 is 0. The normalized spacial score (nSPS) is 15.0. The molecule has 1 aromatic carbocycles. The molecule has 0 amide bonds. The summed E-state index contributed by atoms with van der Waals surface area (Å²) in [4.78, 5) is 13.3. The van der Waals surface area contributed by atoms with Crippen molar-refractivity contribution in [2.75, 3.05) is 52.4 Å². The second-order valence-electron chi connectivity index (χ2n) is 6.62. The molecule has 0 atom stereocenters. The molecule has 3 heterocycles. The van der Waals surface area contributed by atoms with Crippen molar-refractivity contribution < 1.29 is 18.6 Å². The van der Waals surface area contributed by atoms with Gasteiger partial charge in [-0.25, -0.2) is 4.98 Å². The molecule has 1 saturated heterocycles. The van der Waals surface area contributed by atoms with Crippen LogP contribution in [0, 0.1) is 0 Å². The highest BCUT2D eigenvalue weighted by Crippen LogP contribution is 2.38. The average molecular weight is 384 g/mol. The lowest BCUT2D eigenvalue weighted by atomic mass is 10.1. The zero-order chi connectivity index (χ0) is 19.5. The highest BCUT2D eigenvalue weighted by atomic mass is 16.5. The molecule has 0 unspecified atom stereocenters. The quantitative estimate of drug-likeness (QED) is 0.642. The Labute approximate surface area is 163 Å². The number of rotatable bonds is 6. The Hall–Kier alpha value is -3.00. The minimum Gasteiger partial charge on any atom is -0.493 e. The van der Waals surface area contributed by atoms with Crippen LogP contribution in [0.5, 0.6) is 17.2 Å². The SMILES string of the molecule is COc1cc(CN2CCN(c3nc4ncccc4o3)CC2)cc(OC)c1OC. The van der Waals surface area contributed by atoms with Crippen molar-refractivity contribution in [3.8, 4) is 17.2 Å². The van der Waals surface area contributed by atoms with E-state index in [1.807, 2.05) is 24.3 Å². The molecular formula is C20H24N4O4. The highest BCUT2D eigenvalue weighted by Gasteiger charge is 2.22. The summed E-state index contributed by atoms with van der Waals surface area (Å²) in [5, 5.41) is 0. The number of hydrogen-bond donors (Lipinski definition) is 0. The first-order chi connectivity index (χ1) is 13.7. The van der Waals surface area contributed by atoms with Gasteiger partial charge in [-0.05, 0) is 29.8 Å². The van der Waals surface area contributed by atoms with E-state index in [9.17, 15) is 0 Å². The van der Waals surface area contributed by atoms with Crippen LogP contribution in [0.25, 0.3) is 11.2 Å². The molecule has 0 spiro atoms. The number of aromatic nitrogens is 2. The van der Waals surface area contributed by atoms with Gasteiger partial charge in [0, 0.05) is 38.9 Å². The largest absolute Gasteiger partial charge is 0.493 e. The van der Waals surface area contributed by atoms with E-state index in [1.165, 1.54) is 0 Å². The smallest absolute Gasteiger partial charge is 0.300 e. The fraction of sp³-hybridized carbons (Fsp3) is 0.400. The molecule has 0 N–H and O–H groups in total. The second kappa shape index (κ2) is 7.93. The maximum atomic E-state index is 5.83. The van der Waals surface area contributed by atoms with E-state index in [-0.39, 0.29) is 0 Å². The number of pyridine rings is 1. The second-order valence-corrected chi connectivity index (χ2v) is 6.62. The van der Waals surface area contributed by atoms with Gasteiger partial charge in [0.25, 0.3) is 6.01 Å². The first kappa shape index (κ1) is 18.4. The van der Waals surface area contributed by atoms with Crippen LogP contribution >= 0.6 is 0 Å². The predicted octanol–water partition coefficient (Wildman–Crippen LogP) is 2.57. The first-order valence-electron chi connectivity index (χ1n) is 9.19. The monoisotopic (exact) mass is 384 g/mol. The summed E-state index contributed by atoms with van der Waals surface area (Å²) in [6.07, 6.45) is 1.73. The fourth-order valence-electron chi connectivity index (χ4n) is 3.48. The van der Waals surface area contributed by atoms with E-state index < -0.39 is 0 Å². The van der Waals surface area contributed by atoms with Gasteiger partial charge in [0.05, 0.1) is 21.3 Å². The van der Waals surface area contributed by atoms with Gasteiger partial charge in [0.1, 0.15) is 0 Å². The third-order valence-electron chi connectivity index (χ3n) is 4.93. The Kier molecular flexibility index (Phi) is 5.21. The molecule has 148 valence electrons. The zero-order valence-electron chi connectivity index (χ0n) is 16.3.